The largest absolute Gasteiger partial charge is 0.491 e. The van der Waals surface area contributed by atoms with E-state index in [0.29, 0.717) is 33.3 Å². The number of carbonyl (C=O) groups is 2. The van der Waals surface area contributed by atoms with Crippen molar-refractivity contribution in [2.45, 2.75) is 20.0 Å². The first-order chi connectivity index (χ1) is 15.3. The Balaban J connectivity index is 1.53. The second-order valence-corrected chi connectivity index (χ2v) is 7.99. The lowest BCUT2D eigenvalue weighted by molar-refractivity contribution is 0.0976. The lowest BCUT2D eigenvalue weighted by Gasteiger charge is -2.12. The molecule has 0 saturated carbocycles. The van der Waals surface area contributed by atoms with Gasteiger partial charge in [0.1, 0.15) is 5.75 Å². The molecule has 0 fully saturated rings. The molecular formula is C24H22ClN3O3S. The van der Waals surface area contributed by atoms with Gasteiger partial charge in [0, 0.05) is 27.5 Å². The number of amides is 2. The minimum atomic E-state index is -0.330. The average Bonchev–Trinajstić information content (AvgIpc) is 2.75. The molecule has 6 nitrogen and oxygen atoms in total. The molecule has 0 radical (unpaired) electrons. The van der Waals surface area contributed by atoms with Gasteiger partial charge < -0.3 is 15.4 Å². The predicted molar refractivity (Wildman–Crippen MR) is 132 cm³/mol. The molecule has 0 atom stereocenters. The van der Waals surface area contributed by atoms with E-state index in [-0.39, 0.29) is 23.0 Å². The molecule has 0 aliphatic rings. The zero-order chi connectivity index (χ0) is 23.1. The third-order valence-electron chi connectivity index (χ3n) is 4.20. The third kappa shape index (κ3) is 6.80. The van der Waals surface area contributed by atoms with Gasteiger partial charge in [-0.3, -0.25) is 14.9 Å². The van der Waals surface area contributed by atoms with Crippen LogP contribution in [-0.2, 0) is 0 Å². The molecule has 0 spiro atoms. The Hall–Kier alpha value is -3.42. The predicted octanol–water partition coefficient (Wildman–Crippen LogP) is 5.51. The number of ether oxygens (including phenoxy) is 1. The quantitative estimate of drug-likeness (QED) is 0.417. The summed E-state index contributed by atoms with van der Waals surface area (Å²) in [5, 5.41) is 9.03. The lowest BCUT2D eigenvalue weighted by Crippen LogP contribution is -2.34. The number of anilines is 2. The molecule has 3 N–H and O–H groups in total. The van der Waals surface area contributed by atoms with Gasteiger partial charge in [-0.05, 0) is 92.8 Å². The molecule has 2 amide bonds. The van der Waals surface area contributed by atoms with Gasteiger partial charge in [-0.2, -0.15) is 0 Å². The van der Waals surface area contributed by atoms with Crippen molar-refractivity contribution in [2.24, 2.45) is 0 Å². The van der Waals surface area contributed by atoms with Gasteiger partial charge in [-0.25, -0.2) is 0 Å². The van der Waals surface area contributed by atoms with Crippen LogP contribution >= 0.6 is 23.8 Å². The van der Waals surface area contributed by atoms with Gasteiger partial charge in [0.05, 0.1) is 6.10 Å². The van der Waals surface area contributed by atoms with E-state index in [4.69, 9.17) is 28.6 Å². The lowest BCUT2D eigenvalue weighted by atomic mass is 10.2. The number of carbonyl (C=O) groups excluding carboxylic acids is 2. The standard InChI is InChI=1S/C24H22ClN3O3S/c1-15(2)31-21-12-6-16(7-13-21)22(29)28-24(32)27-20-10-8-19(9-11-20)26-23(30)17-4-3-5-18(25)14-17/h3-15H,1-2H3,(H,26,30)(H2,27,28,29,32). The van der Waals surface area contributed by atoms with E-state index in [0.717, 1.165) is 0 Å². The molecule has 0 heterocycles. The zero-order valence-electron chi connectivity index (χ0n) is 17.5. The molecule has 0 aliphatic carbocycles. The molecule has 3 rings (SSSR count). The van der Waals surface area contributed by atoms with Crippen LogP contribution in [0.5, 0.6) is 5.75 Å². The number of rotatable bonds is 6. The Morgan fingerprint density at radius 1 is 0.844 bits per heavy atom. The first-order valence-electron chi connectivity index (χ1n) is 9.86. The minimum Gasteiger partial charge on any atom is -0.491 e. The van der Waals surface area contributed by atoms with Crippen LogP contribution in [0.2, 0.25) is 5.02 Å². The average molecular weight is 468 g/mol. The summed E-state index contributed by atoms with van der Waals surface area (Å²) >= 11 is 11.1. The number of nitrogens with one attached hydrogen (secondary N) is 3. The van der Waals surface area contributed by atoms with E-state index in [1.165, 1.54) is 0 Å². The van der Waals surface area contributed by atoms with Gasteiger partial charge in [0.2, 0.25) is 0 Å². The molecule has 0 bridgehead atoms. The molecule has 164 valence electrons. The van der Waals surface area contributed by atoms with Crippen molar-refractivity contribution in [2.75, 3.05) is 10.6 Å². The second-order valence-electron chi connectivity index (χ2n) is 7.14. The fourth-order valence-corrected chi connectivity index (χ4v) is 3.17. The fourth-order valence-electron chi connectivity index (χ4n) is 2.76. The smallest absolute Gasteiger partial charge is 0.257 e. The van der Waals surface area contributed by atoms with Crippen molar-refractivity contribution in [3.63, 3.8) is 0 Å². The Bertz CT molecular complexity index is 1120. The van der Waals surface area contributed by atoms with Crippen LogP contribution in [0.25, 0.3) is 0 Å². The highest BCUT2D eigenvalue weighted by Crippen LogP contribution is 2.17. The third-order valence-corrected chi connectivity index (χ3v) is 4.64. The van der Waals surface area contributed by atoms with E-state index in [2.05, 4.69) is 16.0 Å². The maximum Gasteiger partial charge on any atom is 0.257 e. The number of benzene rings is 3. The fraction of sp³-hybridized carbons (Fsp3) is 0.125. The molecule has 0 aliphatic heterocycles. The Kier molecular flexibility index (Phi) is 7.81. The summed E-state index contributed by atoms with van der Waals surface area (Å²) in [5.74, 6) is 0.101. The summed E-state index contributed by atoms with van der Waals surface area (Å²) in [7, 11) is 0. The molecule has 32 heavy (non-hydrogen) atoms. The summed E-state index contributed by atoms with van der Waals surface area (Å²) in [4.78, 5) is 24.7. The van der Waals surface area contributed by atoms with Gasteiger partial charge in [0.25, 0.3) is 11.8 Å². The van der Waals surface area contributed by atoms with Crippen LogP contribution < -0.4 is 20.7 Å². The van der Waals surface area contributed by atoms with Gasteiger partial charge in [-0.1, -0.05) is 17.7 Å². The van der Waals surface area contributed by atoms with Crippen molar-refractivity contribution in [1.29, 1.82) is 0 Å². The van der Waals surface area contributed by atoms with E-state index in [1.54, 1.807) is 72.8 Å². The van der Waals surface area contributed by atoms with Crippen molar-refractivity contribution in [3.05, 3.63) is 88.9 Å². The van der Waals surface area contributed by atoms with Crippen LogP contribution in [0.4, 0.5) is 11.4 Å². The monoisotopic (exact) mass is 467 g/mol. The highest BCUT2D eigenvalue weighted by Gasteiger charge is 2.10. The number of hydrogen-bond acceptors (Lipinski definition) is 4. The second kappa shape index (κ2) is 10.7. The molecule has 0 saturated heterocycles. The maximum absolute atomic E-state index is 12.4. The number of halogens is 1. The van der Waals surface area contributed by atoms with Crippen molar-refractivity contribution >= 4 is 52.1 Å². The summed E-state index contributed by atoms with van der Waals surface area (Å²) in [6, 6.07) is 20.5. The molecular weight excluding hydrogens is 446 g/mol. The van der Waals surface area contributed by atoms with Gasteiger partial charge >= 0.3 is 0 Å². The van der Waals surface area contributed by atoms with Crippen molar-refractivity contribution < 1.29 is 14.3 Å². The summed E-state index contributed by atoms with van der Waals surface area (Å²) < 4.78 is 5.57. The van der Waals surface area contributed by atoms with Gasteiger partial charge in [-0.15, -0.1) is 0 Å². The SMILES string of the molecule is CC(C)Oc1ccc(C(=O)NC(=S)Nc2ccc(NC(=O)c3cccc(Cl)c3)cc2)cc1. The maximum atomic E-state index is 12.4. The Morgan fingerprint density at radius 2 is 1.47 bits per heavy atom. The van der Waals surface area contributed by atoms with E-state index < -0.39 is 0 Å². The zero-order valence-corrected chi connectivity index (χ0v) is 19.1. The van der Waals surface area contributed by atoms with Crippen LogP contribution in [0.1, 0.15) is 34.6 Å². The first kappa shape index (κ1) is 23.2. The van der Waals surface area contributed by atoms with Crippen molar-refractivity contribution in [3.8, 4) is 5.75 Å². The highest BCUT2D eigenvalue weighted by atomic mass is 35.5. The van der Waals surface area contributed by atoms with Crippen LogP contribution in [0.3, 0.4) is 0 Å². The summed E-state index contributed by atoms with van der Waals surface area (Å²) in [5.41, 5.74) is 2.20. The number of thiocarbonyl (C=S) groups is 1. The van der Waals surface area contributed by atoms with E-state index in [1.807, 2.05) is 13.8 Å². The Morgan fingerprint density at radius 3 is 2.06 bits per heavy atom. The van der Waals surface area contributed by atoms with Crippen LogP contribution in [0.15, 0.2) is 72.8 Å². The summed E-state index contributed by atoms with van der Waals surface area (Å²) in [6.07, 6.45) is 0.0583. The normalized spacial score (nSPS) is 10.4. The minimum absolute atomic E-state index is 0.0583. The van der Waals surface area contributed by atoms with E-state index in [9.17, 15) is 9.59 Å². The van der Waals surface area contributed by atoms with Crippen LogP contribution in [-0.4, -0.2) is 23.0 Å². The van der Waals surface area contributed by atoms with Gasteiger partial charge in [0.15, 0.2) is 5.11 Å². The Labute approximate surface area is 196 Å². The summed E-state index contributed by atoms with van der Waals surface area (Å²) in [6.45, 7) is 3.87. The topological polar surface area (TPSA) is 79.5 Å². The number of hydrogen-bond donors (Lipinski definition) is 3. The first-order valence-corrected chi connectivity index (χ1v) is 10.6. The molecule has 3 aromatic rings. The van der Waals surface area contributed by atoms with E-state index >= 15 is 0 Å². The molecule has 8 heteroatoms. The highest BCUT2D eigenvalue weighted by molar-refractivity contribution is 7.80. The van der Waals surface area contributed by atoms with Crippen LogP contribution in [0, 0.1) is 0 Å². The molecule has 3 aromatic carbocycles. The molecule has 0 aromatic heterocycles. The molecule has 0 unspecified atom stereocenters. The van der Waals surface area contributed by atoms with Crippen molar-refractivity contribution in [1.82, 2.24) is 5.32 Å².